The molecule has 1 amide bonds. The maximum absolute atomic E-state index is 12.6. The van der Waals surface area contributed by atoms with E-state index in [4.69, 9.17) is 4.98 Å². The normalized spacial score (nSPS) is 22.6. The Kier molecular flexibility index (Phi) is 5.80. The van der Waals surface area contributed by atoms with E-state index in [1.165, 1.54) is 0 Å². The zero-order valence-electron chi connectivity index (χ0n) is 20.9. The first-order valence-corrected chi connectivity index (χ1v) is 13.0. The van der Waals surface area contributed by atoms with E-state index in [1.54, 1.807) is 6.20 Å². The van der Waals surface area contributed by atoms with Crippen LogP contribution in [0.3, 0.4) is 0 Å². The number of aliphatic hydroxyl groups excluding tert-OH is 1. The van der Waals surface area contributed by atoms with Crippen molar-refractivity contribution in [1.29, 1.82) is 0 Å². The van der Waals surface area contributed by atoms with Crippen LogP contribution >= 0.6 is 0 Å². The van der Waals surface area contributed by atoms with Crippen molar-refractivity contribution in [2.24, 2.45) is 0 Å². The fourth-order valence-electron chi connectivity index (χ4n) is 6.15. The Hall–Kier alpha value is -3.24. The highest BCUT2D eigenvalue weighted by Crippen LogP contribution is 2.41. The first-order valence-electron chi connectivity index (χ1n) is 13.0. The molecule has 2 atom stereocenters. The van der Waals surface area contributed by atoms with Gasteiger partial charge in [-0.2, -0.15) is 4.98 Å². The Labute approximate surface area is 210 Å². The fraction of sp³-hybridized carbons (Fsp3) is 0.538. The lowest BCUT2D eigenvalue weighted by Gasteiger charge is -2.41. The van der Waals surface area contributed by atoms with Gasteiger partial charge in [0.1, 0.15) is 17.2 Å². The highest BCUT2D eigenvalue weighted by Gasteiger charge is 2.42. The number of anilines is 3. The quantitative estimate of drug-likeness (QED) is 0.500. The van der Waals surface area contributed by atoms with E-state index in [0.717, 1.165) is 62.0 Å². The number of aromatic nitrogens is 4. The monoisotopic (exact) mass is 490 g/mol. The molecular formula is C26H34N8O2. The lowest BCUT2D eigenvalue weighted by atomic mass is 9.94. The fourth-order valence-corrected chi connectivity index (χ4v) is 6.15. The highest BCUT2D eigenvalue weighted by molar-refractivity contribution is 5.99. The number of nitrogens with one attached hydrogen (secondary N) is 2. The molecule has 190 valence electrons. The number of rotatable bonds is 5. The molecule has 3 aromatic heterocycles. The summed E-state index contributed by atoms with van der Waals surface area (Å²) in [6, 6.07) is 6.30. The summed E-state index contributed by atoms with van der Waals surface area (Å²) < 4.78 is 2.16. The smallest absolute Gasteiger partial charge is 0.268 e. The maximum atomic E-state index is 12.6. The van der Waals surface area contributed by atoms with E-state index in [0.29, 0.717) is 36.6 Å². The number of fused-ring (bicyclic) bond motifs is 4. The zero-order valence-corrected chi connectivity index (χ0v) is 20.9. The number of β-amino-alcohol motifs (C(OH)–C–C–N with tert-alkyl or cyclic N) is 1. The van der Waals surface area contributed by atoms with Gasteiger partial charge in [0.2, 0.25) is 5.95 Å². The Morgan fingerprint density at radius 3 is 2.78 bits per heavy atom. The van der Waals surface area contributed by atoms with Crippen LogP contribution in [0.15, 0.2) is 30.6 Å². The molecule has 1 spiro atoms. The van der Waals surface area contributed by atoms with Crippen molar-refractivity contribution >= 4 is 34.4 Å². The van der Waals surface area contributed by atoms with Crippen LogP contribution in [0.2, 0.25) is 0 Å². The maximum Gasteiger partial charge on any atom is 0.268 e. The second-order valence-corrected chi connectivity index (χ2v) is 10.6. The van der Waals surface area contributed by atoms with Crippen LogP contribution < -0.4 is 15.5 Å². The molecule has 1 aliphatic carbocycles. The van der Waals surface area contributed by atoms with Crippen LogP contribution in [0.5, 0.6) is 0 Å². The molecule has 0 radical (unpaired) electrons. The number of carbonyl (C=O) groups excluding carboxylic acids is 1. The summed E-state index contributed by atoms with van der Waals surface area (Å²) in [5.74, 6) is 1.11. The lowest BCUT2D eigenvalue weighted by molar-refractivity contribution is 0.0876. The van der Waals surface area contributed by atoms with Gasteiger partial charge in [0.15, 0.2) is 0 Å². The molecule has 0 unspecified atom stereocenters. The summed E-state index contributed by atoms with van der Waals surface area (Å²) in [5, 5.41) is 16.9. The third kappa shape index (κ3) is 4.08. The van der Waals surface area contributed by atoms with Crippen LogP contribution in [0.25, 0.3) is 11.0 Å². The summed E-state index contributed by atoms with van der Waals surface area (Å²) in [7, 11) is 0. The molecule has 1 saturated carbocycles. The van der Waals surface area contributed by atoms with Crippen LogP contribution in [0, 0.1) is 0 Å². The molecule has 3 N–H and O–H groups in total. The summed E-state index contributed by atoms with van der Waals surface area (Å²) >= 11 is 0. The van der Waals surface area contributed by atoms with E-state index < -0.39 is 0 Å². The number of pyridine rings is 1. The standard InChI is InChI=1S/C26H34N8O2/c1-17-14-33(10-9-32(17)15-18(2)35)20-5-6-22(27-13-20)30-25-28-12-19-11-21-24(36)29-16-26(7-3-4-8-26)34(21)23(19)31-25/h5-6,11-13,17-18,35H,3-4,7-10,14-16H2,1-2H3,(H,29,36)(H,27,28,30,31)/t17-,18+/m0/s1. The predicted molar refractivity (Wildman–Crippen MR) is 139 cm³/mol. The van der Waals surface area contributed by atoms with Gasteiger partial charge in [-0.05, 0) is 44.9 Å². The molecule has 0 bridgehead atoms. The van der Waals surface area contributed by atoms with Gasteiger partial charge in [0, 0.05) is 50.3 Å². The van der Waals surface area contributed by atoms with E-state index in [9.17, 15) is 9.90 Å². The van der Waals surface area contributed by atoms with Gasteiger partial charge in [-0.25, -0.2) is 9.97 Å². The van der Waals surface area contributed by atoms with Crippen molar-refractivity contribution in [3.63, 3.8) is 0 Å². The number of amides is 1. The third-order valence-electron chi connectivity index (χ3n) is 7.98. The van der Waals surface area contributed by atoms with Crippen LogP contribution in [-0.4, -0.2) is 80.3 Å². The SMILES string of the molecule is C[C@@H](O)CN1CCN(c2ccc(Nc3ncc4cc5n(c4n3)C3(CCCC3)CNC5=O)nc2)C[C@@H]1C. The van der Waals surface area contributed by atoms with Crippen molar-refractivity contribution in [2.75, 3.05) is 42.9 Å². The van der Waals surface area contributed by atoms with Gasteiger partial charge in [-0.15, -0.1) is 0 Å². The molecule has 10 nitrogen and oxygen atoms in total. The molecule has 10 heteroatoms. The van der Waals surface area contributed by atoms with Crippen LogP contribution in [0.4, 0.5) is 17.5 Å². The molecule has 2 fully saturated rings. The minimum absolute atomic E-state index is 0.0432. The average Bonchev–Trinajstić information content (AvgIpc) is 3.49. The van der Waals surface area contributed by atoms with Crippen molar-refractivity contribution in [2.45, 2.75) is 57.2 Å². The molecule has 36 heavy (non-hydrogen) atoms. The number of aliphatic hydroxyl groups is 1. The second-order valence-electron chi connectivity index (χ2n) is 10.6. The number of hydrogen-bond acceptors (Lipinski definition) is 8. The van der Waals surface area contributed by atoms with E-state index in [2.05, 4.69) is 48.0 Å². The van der Waals surface area contributed by atoms with Crippen molar-refractivity contribution in [1.82, 2.24) is 29.7 Å². The molecule has 2 aliphatic heterocycles. The van der Waals surface area contributed by atoms with E-state index in [1.807, 2.05) is 25.3 Å². The van der Waals surface area contributed by atoms with Crippen LogP contribution in [0.1, 0.15) is 50.0 Å². The van der Waals surface area contributed by atoms with Crippen molar-refractivity contribution in [3.8, 4) is 0 Å². The van der Waals surface area contributed by atoms with Crippen LogP contribution in [-0.2, 0) is 5.54 Å². The number of piperazine rings is 1. The summed E-state index contributed by atoms with van der Waals surface area (Å²) in [6.45, 7) is 8.12. The van der Waals surface area contributed by atoms with E-state index in [-0.39, 0.29) is 17.6 Å². The first-order chi connectivity index (χ1) is 17.4. The van der Waals surface area contributed by atoms with Gasteiger partial charge in [0.05, 0.1) is 23.5 Å². The van der Waals surface area contributed by atoms with Gasteiger partial charge >= 0.3 is 0 Å². The molecule has 3 aliphatic rings. The Morgan fingerprint density at radius 2 is 2.06 bits per heavy atom. The molecule has 6 rings (SSSR count). The Balaban J connectivity index is 1.20. The second kappa shape index (κ2) is 9.01. The van der Waals surface area contributed by atoms with Crippen molar-refractivity contribution < 1.29 is 9.90 Å². The van der Waals surface area contributed by atoms with Gasteiger partial charge in [-0.3, -0.25) is 9.69 Å². The topological polar surface area (TPSA) is 111 Å². The average molecular weight is 491 g/mol. The Bertz CT molecular complexity index is 1260. The van der Waals surface area contributed by atoms with Gasteiger partial charge in [-0.1, -0.05) is 12.8 Å². The summed E-state index contributed by atoms with van der Waals surface area (Å²) in [5.41, 5.74) is 2.47. The number of carbonyl (C=O) groups is 1. The summed E-state index contributed by atoms with van der Waals surface area (Å²) in [6.07, 6.45) is 7.78. The highest BCUT2D eigenvalue weighted by atomic mass is 16.3. The molecule has 1 saturated heterocycles. The minimum Gasteiger partial charge on any atom is -0.392 e. The molecule has 0 aromatic carbocycles. The van der Waals surface area contributed by atoms with Gasteiger partial charge < -0.3 is 25.2 Å². The molecular weight excluding hydrogens is 456 g/mol. The van der Waals surface area contributed by atoms with Gasteiger partial charge in [0.25, 0.3) is 5.91 Å². The zero-order chi connectivity index (χ0) is 24.9. The summed E-state index contributed by atoms with van der Waals surface area (Å²) in [4.78, 5) is 31.2. The predicted octanol–water partition coefficient (Wildman–Crippen LogP) is 2.47. The third-order valence-corrected chi connectivity index (χ3v) is 7.98. The van der Waals surface area contributed by atoms with Crippen molar-refractivity contribution in [3.05, 3.63) is 36.3 Å². The first kappa shape index (κ1) is 23.2. The minimum atomic E-state index is -0.314. The number of nitrogens with zero attached hydrogens (tertiary/aromatic N) is 6. The molecule has 5 heterocycles. The lowest BCUT2D eigenvalue weighted by Crippen LogP contribution is -2.53. The molecule has 3 aromatic rings. The van der Waals surface area contributed by atoms with E-state index >= 15 is 0 Å². The largest absolute Gasteiger partial charge is 0.392 e. The number of hydrogen-bond donors (Lipinski definition) is 3. The Morgan fingerprint density at radius 1 is 1.22 bits per heavy atom.